The van der Waals surface area contributed by atoms with E-state index in [0.29, 0.717) is 10.2 Å². The third kappa shape index (κ3) is 3.22. The summed E-state index contributed by atoms with van der Waals surface area (Å²) in [5.41, 5.74) is 2.70. The first-order valence-electron chi connectivity index (χ1n) is 6.07. The topological polar surface area (TPSA) is 43.4 Å². The van der Waals surface area contributed by atoms with E-state index in [1.807, 2.05) is 32.9 Å². The quantitative estimate of drug-likeness (QED) is 0.777. The number of benzene rings is 2. The molecule has 0 N–H and O–H groups in total. The van der Waals surface area contributed by atoms with Crippen LogP contribution in [0.15, 0.2) is 45.8 Å². The van der Waals surface area contributed by atoms with Crippen molar-refractivity contribution in [3.63, 3.8) is 0 Å². The molecule has 5 heteroatoms. The molecule has 0 amide bonds. The van der Waals surface area contributed by atoms with Gasteiger partial charge in [-0.25, -0.2) is 0 Å². The number of hydrogen-bond acceptors (Lipinski definition) is 3. The average molecular weight is 355 g/mol. The van der Waals surface area contributed by atoms with Gasteiger partial charge in [0.05, 0.1) is 0 Å². The van der Waals surface area contributed by atoms with Crippen LogP contribution in [0.4, 0.5) is 0 Å². The van der Waals surface area contributed by atoms with Gasteiger partial charge in [-0.05, 0) is 71.6 Å². The van der Waals surface area contributed by atoms with Crippen molar-refractivity contribution in [1.29, 1.82) is 0 Å². The molecule has 0 unspecified atom stereocenters. The summed E-state index contributed by atoms with van der Waals surface area (Å²) in [6.07, 6.45) is 0. The van der Waals surface area contributed by atoms with Crippen LogP contribution in [-0.2, 0) is 10.1 Å². The molecule has 2 aromatic carbocycles. The number of halogens is 1. The van der Waals surface area contributed by atoms with Crippen molar-refractivity contribution in [2.75, 3.05) is 0 Å². The van der Waals surface area contributed by atoms with Crippen molar-refractivity contribution < 1.29 is 12.6 Å². The maximum absolute atomic E-state index is 12.3. The maximum atomic E-state index is 12.3. The largest absolute Gasteiger partial charge is 0.379 e. The second-order valence-corrected chi connectivity index (χ2v) is 7.11. The monoisotopic (exact) mass is 354 g/mol. The SMILES string of the molecule is Cc1ccc(S(=O)(=O)Oc2cc(C)ccc2C)c(Br)c1. The van der Waals surface area contributed by atoms with Gasteiger partial charge in [0.25, 0.3) is 0 Å². The van der Waals surface area contributed by atoms with Crippen LogP contribution in [0, 0.1) is 20.8 Å². The van der Waals surface area contributed by atoms with Crippen LogP contribution in [0.5, 0.6) is 5.75 Å². The van der Waals surface area contributed by atoms with E-state index >= 15 is 0 Å². The fourth-order valence-corrected chi connectivity index (χ4v) is 3.89. The molecular formula is C15H15BrO3S. The van der Waals surface area contributed by atoms with E-state index in [4.69, 9.17) is 4.18 Å². The Morgan fingerprint density at radius 3 is 2.20 bits per heavy atom. The van der Waals surface area contributed by atoms with Crippen LogP contribution < -0.4 is 4.18 Å². The fourth-order valence-electron chi connectivity index (χ4n) is 1.77. The zero-order chi connectivity index (χ0) is 14.9. The lowest BCUT2D eigenvalue weighted by atomic mass is 10.1. The highest BCUT2D eigenvalue weighted by Crippen LogP contribution is 2.28. The van der Waals surface area contributed by atoms with Crippen LogP contribution in [-0.4, -0.2) is 8.42 Å². The maximum Gasteiger partial charge on any atom is 0.340 e. The van der Waals surface area contributed by atoms with Crippen molar-refractivity contribution in [3.8, 4) is 5.75 Å². The molecule has 20 heavy (non-hydrogen) atoms. The smallest absolute Gasteiger partial charge is 0.340 e. The highest BCUT2D eigenvalue weighted by Gasteiger charge is 2.21. The van der Waals surface area contributed by atoms with E-state index in [2.05, 4.69) is 15.9 Å². The Kier molecular flexibility index (Phi) is 4.20. The van der Waals surface area contributed by atoms with Gasteiger partial charge in [0, 0.05) is 4.47 Å². The zero-order valence-corrected chi connectivity index (χ0v) is 13.9. The van der Waals surface area contributed by atoms with Gasteiger partial charge in [0.1, 0.15) is 10.6 Å². The molecule has 0 aromatic heterocycles. The summed E-state index contributed by atoms with van der Waals surface area (Å²) in [4.78, 5) is 0.129. The van der Waals surface area contributed by atoms with E-state index in [1.54, 1.807) is 24.3 Å². The third-order valence-electron chi connectivity index (χ3n) is 2.90. The normalized spacial score (nSPS) is 11.4. The van der Waals surface area contributed by atoms with Gasteiger partial charge in [0.2, 0.25) is 0 Å². The van der Waals surface area contributed by atoms with Crippen molar-refractivity contribution in [2.24, 2.45) is 0 Å². The van der Waals surface area contributed by atoms with Crippen molar-refractivity contribution >= 4 is 26.0 Å². The van der Waals surface area contributed by atoms with Crippen LogP contribution >= 0.6 is 15.9 Å². The third-order valence-corrected chi connectivity index (χ3v) is 5.11. The Labute approximate surface area is 127 Å². The molecule has 0 fully saturated rings. The molecule has 2 aromatic rings. The lowest BCUT2D eigenvalue weighted by Crippen LogP contribution is -2.11. The van der Waals surface area contributed by atoms with E-state index in [9.17, 15) is 8.42 Å². The van der Waals surface area contributed by atoms with Crippen molar-refractivity contribution in [2.45, 2.75) is 25.7 Å². The van der Waals surface area contributed by atoms with Gasteiger partial charge >= 0.3 is 10.1 Å². The van der Waals surface area contributed by atoms with Gasteiger partial charge in [-0.3, -0.25) is 0 Å². The van der Waals surface area contributed by atoms with E-state index in [0.717, 1.165) is 16.7 Å². The molecule has 2 rings (SSSR count). The predicted octanol–water partition coefficient (Wildman–Crippen LogP) is 4.14. The first-order valence-corrected chi connectivity index (χ1v) is 8.27. The molecule has 0 radical (unpaired) electrons. The summed E-state index contributed by atoms with van der Waals surface area (Å²) >= 11 is 3.27. The molecule has 0 aliphatic carbocycles. The lowest BCUT2D eigenvalue weighted by molar-refractivity contribution is 0.483. The Hall–Kier alpha value is -1.33. The van der Waals surface area contributed by atoms with E-state index < -0.39 is 10.1 Å². The lowest BCUT2D eigenvalue weighted by Gasteiger charge is -2.11. The van der Waals surface area contributed by atoms with Crippen LogP contribution in [0.25, 0.3) is 0 Å². The minimum Gasteiger partial charge on any atom is -0.379 e. The highest BCUT2D eigenvalue weighted by atomic mass is 79.9. The van der Waals surface area contributed by atoms with Crippen molar-refractivity contribution in [1.82, 2.24) is 0 Å². The summed E-state index contributed by atoms with van der Waals surface area (Å²) in [7, 11) is -3.85. The van der Waals surface area contributed by atoms with Gasteiger partial charge in [-0.1, -0.05) is 18.2 Å². The van der Waals surface area contributed by atoms with Gasteiger partial charge < -0.3 is 4.18 Å². The summed E-state index contributed by atoms with van der Waals surface area (Å²) in [6, 6.07) is 10.5. The first kappa shape index (κ1) is 15.1. The molecule has 3 nitrogen and oxygen atoms in total. The molecule has 0 aliphatic rings. The van der Waals surface area contributed by atoms with Crippen LogP contribution in [0.2, 0.25) is 0 Å². The molecule has 0 saturated carbocycles. The molecular weight excluding hydrogens is 340 g/mol. The van der Waals surface area contributed by atoms with Gasteiger partial charge in [0.15, 0.2) is 0 Å². The molecule has 0 aliphatic heterocycles. The summed E-state index contributed by atoms with van der Waals surface area (Å²) in [5.74, 6) is 0.359. The Balaban J connectivity index is 2.43. The van der Waals surface area contributed by atoms with Crippen molar-refractivity contribution in [3.05, 3.63) is 57.6 Å². The van der Waals surface area contributed by atoms with Gasteiger partial charge in [-0.15, -0.1) is 0 Å². The van der Waals surface area contributed by atoms with E-state index in [-0.39, 0.29) is 4.90 Å². The Bertz CT molecular complexity index is 752. The minimum absolute atomic E-state index is 0.129. The summed E-state index contributed by atoms with van der Waals surface area (Å²) < 4.78 is 30.5. The molecule has 0 spiro atoms. The fraction of sp³-hybridized carbons (Fsp3) is 0.200. The standard InChI is InChI=1S/C15H15BrO3S/c1-10-5-7-15(13(16)8-10)20(17,18)19-14-9-11(2)4-6-12(14)3/h4-9H,1-3H3. The van der Waals surface area contributed by atoms with Gasteiger partial charge in [-0.2, -0.15) is 8.42 Å². The number of rotatable bonds is 3. The molecule has 0 saturated heterocycles. The predicted molar refractivity (Wildman–Crippen MR) is 82.6 cm³/mol. The highest BCUT2D eigenvalue weighted by molar-refractivity contribution is 9.10. The number of hydrogen-bond donors (Lipinski definition) is 0. The molecule has 0 bridgehead atoms. The zero-order valence-electron chi connectivity index (χ0n) is 11.5. The second-order valence-electron chi connectivity index (χ2n) is 4.74. The summed E-state index contributed by atoms with van der Waals surface area (Å²) in [5, 5.41) is 0. The Morgan fingerprint density at radius 2 is 1.55 bits per heavy atom. The minimum atomic E-state index is -3.85. The van der Waals surface area contributed by atoms with Crippen LogP contribution in [0.3, 0.4) is 0 Å². The number of aryl methyl sites for hydroxylation is 3. The van der Waals surface area contributed by atoms with Crippen LogP contribution in [0.1, 0.15) is 16.7 Å². The summed E-state index contributed by atoms with van der Waals surface area (Å²) in [6.45, 7) is 5.60. The molecule has 0 heterocycles. The molecule has 0 atom stereocenters. The second kappa shape index (κ2) is 5.58. The Morgan fingerprint density at radius 1 is 0.950 bits per heavy atom. The van der Waals surface area contributed by atoms with E-state index in [1.165, 1.54) is 0 Å². The molecule has 106 valence electrons. The first-order chi connectivity index (χ1) is 9.29. The average Bonchev–Trinajstić information content (AvgIpc) is 2.33.